The molecule has 1 atom stereocenters. The van der Waals surface area contributed by atoms with E-state index in [0.717, 1.165) is 0 Å². The standard InChI is InChI=1S/C12H13BrClNO3/c1-2-3-10(12(17)18)15-11(16)7-4-5-8(13)9(14)6-7/h4-6,10H,2-3H2,1H3,(H,15,16)(H,17,18). The van der Waals surface area contributed by atoms with Crippen LogP contribution >= 0.6 is 27.5 Å². The molecule has 0 bridgehead atoms. The molecule has 1 unspecified atom stereocenters. The summed E-state index contributed by atoms with van der Waals surface area (Å²) < 4.78 is 0.684. The van der Waals surface area contributed by atoms with E-state index in [1.807, 2.05) is 6.92 Å². The van der Waals surface area contributed by atoms with Gasteiger partial charge in [0.2, 0.25) is 0 Å². The molecule has 0 saturated heterocycles. The highest BCUT2D eigenvalue weighted by molar-refractivity contribution is 9.10. The Labute approximate surface area is 118 Å². The van der Waals surface area contributed by atoms with E-state index in [1.54, 1.807) is 12.1 Å². The number of rotatable bonds is 5. The number of aliphatic carboxylic acids is 1. The molecule has 98 valence electrons. The van der Waals surface area contributed by atoms with Gasteiger partial charge < -0.3 is 10.4 Å². The first-order valence-corrected chi connectivity index (χ1v) is 6.61. The summed E-state index contributed by atoms with van der Waals surface area (Å²) in [6.07, 6.45) is 1.07. The van der Waals surface area contributed by atoms with Crippen LogP contribution in [0.25, 0.3) is 0 Å². The minimum absolute atomic E-state index is 0.338. The molecule has 18 heavy (non-hydrogen) atoms. The fourth-order valence-electron chi connectivity index (χ4n) is 1.43. The molecule has 1 amide bonds. The molecule has 0 aromatic heterocycles. The van der Waals surface area contributed by atoms with Gasteiger partial charge in [-0.1, -0.05) is 24.9 Å². The quantitative estimate of drug-likeness (QED) is 0.869. The third-order valence-electron chi connectivity index (χ3n) is 2.36. The predicted octanol–water partition coefficient (Wildman–Crippen LogP) is 3.09. The molecule has 1 rings (SSSR count). The van der Waals surface area contributed by atoms with Gasteiger partial charge in [0.05, 0.1) is 5.02 Å². The van der Waals surface area contributed by atoms with Crippen molar-refractivity contribution in [2.45, 2.75) is 25.8 Å². The maximum absolute atomic E-state index is 11.8. The zero-order valence-corrected chi connectivity index (χ0v) is 12.1. The smallest absolute Gasteiger partial charge is 0.326 e. The van der Waals surface area contributed by atoms with Gasteiger partial charge in [-0.05, 0) is 40.5 Å². The van der Waals surface area contributed by atoms with Crippen LogP contribution in [0.15, 0.2) is 22.7 Å². The molecule has 6 heteroatoms. The van der Waals surface area contributed by atoms with E-state index in [0.29, 0.717) is 27.9 Å². The molecule has 1 aromatic rings. The summed E-state index contributed by atoms with van der Waals surface area (Å²) in [7, 11) is 0. The summed E-state index contributed by atoms with van der Waals surface area (Å²) in [6, 6.07) is 3.85. The maximum Gasteiger partial charge on any atom is 0.326 e. The normalized spacial score (nSPS) is 11.9. The molecule has 0 aliphatic rings. The first-order valence-electron chi connectivity index (χ1n) is 5.44. The number of carbonyl (C=O) groups excluding carboxylic acids is 1. The van der Waals surface area contributed by atoms with E-state index in [2.05, 4.69) is 21.2 Å². The van der Waals surface area contributed by atoms with Crippen LogP contribution in [-0.2, 0) is 4.79 Å². The zero-order valence-electron chi connectivity index (χ0n) is 9.74. The first kappa shape index (κ1) is 15.0. The molecule has 0 aliphatic heterocycles. The third kappa shape index (κ3) is 3.99. The second kappa shape index (κ2) is 6.75. The van der Waals surface area contributed by atoms with Crippen LogP contribution in [0.2, 0.25) is 5.02 Å². The lowest BCUT2D eigenvalue weighted by atomic mass is 10.1. The number of nitrogens with one attached hydrogen (secondary N) is 1. The predicted molar refractivity (Wildman–Crippen MR) is 73.0 cm³/mol. The van der Waals surface area contributed by atoms with E-state index in [-0.39, 0.29) is 0 Å². The molecule has 0 saturated carbocycles. The van der Waals surface area contributed by atoms with Crippen molar-refractivity contribution in [1.29, 1.82) is 0 Å². The number of amides is 1. The topological polar surface area (TPSA) is 66.4 Å². The Hall–Kier alpha value is -1.07. The van der Waals surface area contributed by atoms with Gasteiger partial charge in [0.15, 0.2) is 0 Å². The fraction of sp³-hybridized carbons (Fsp3) is 0.333. The molecule has 0 fully saturated rings. The van der Waals surface area contributed by atoms with Crippen molar-refractivity contribution in [1.82, 2.24) is 5.32 Å². The minimum atomic E-state index is -1.03. The Morgan fingerprint density at radius 1 is 1.50 bits per heavy atom. The van der Waals surface area contributed by atoms with Gasteiger partial charge in [-0.15, -0.1) is 0 Å². The van der Waals surface area contributed by atoms with E-state index < -0.39 is 17.9 Å². The average Bonchev–Trinajstić information content (AvgIpc) is 2.31. The second-order valence-electron chi connectivity index (χ2n) is 3.78. The number of benzene rings is 1. The lowest BCUT2D eigenvalue weighted by molar-refractivity contribution is -0.139. The summed E-state index contributed by atoms with van der Waals surface area (Å²) in [4.78, 5) is 22.8. The molecular formula is C12H13BrClNO3. The highest BCUT2D eigenvalue weighted by Gasteiger charge is 2.19. The fourth-order valence-corrected chi connectivity index (χ4v) is 1.85. The summed E-state index contributed by atoms with van der Waals surface area (Å²) in [6.45, 7) is 1.86. The van der Waals surface area contributed by atoms with Gasteiger partial charge in [0.1, 0.15) is 6.04 Å². The number of hydrogen-bond acceptors (Lipinski definition) is 2. The Morgan fingerprint density at radius 3 is 2.67 bits per heavy atom. The Balaban J connectivity index is 2.80. The zero-order chi connectivity index (χ0) is 13.7. The van der Waals surface area contributed by atoms with E-state index in [1.165, 1.54) is 6.07 Å². The van der Waals surface area contributed by atoms with Crippen molar-refractivity contribution in [3.05, 3.63) is 33.3 Å². The molecule has 0 radical (unpaired) electrons. The van der Waals surface area contributed by atoms with Crippen molar-refractivity contribution in [3.63, 3.8) is 0 Å². The average molecular weight is 335 g/mol. The second-order valence-corrected chi connectivity index (χ2v) is 5.04. The molecule has 0 spiro atoms. The minimum Gasteiger partial charge on any atom is -0.480 e. The molecule has 1 aromatic carbocycles. The number of hydrogen-bond donors (Lipinski definition) is 2. The van der Waals surface area contributed by atoms with Crippen molar-refractivity contribution in [2.24, 2.45) is 0 Å². The molecule has 2 N–H and O–H groups in total. The first-order chi connectivity index (χ1) is 8.45. The molecule has 0 heterocycles. The van der Waals surface area contributed by atoms with Crippen LogP contribution in [-0.4, -0.2) is 23.0 Å². The van der Waals surface area contributed by atoms with Gasteiger partial charge in [0.25, 0.3) is 5.91 Å². The summed E-state index contributed by atoms with van der Waals surface area (Å²) in [5.41, 5.74) is 0.338. The van der Waals surface area contributed by atoms with Crippen LogP contribution in [0.4, 0.5) is 0 Å². The maximum atomic E-state index is 11.8. The van der Waals surface area contributed by atoms with Crippen LogP contribution in [0.5, 0.6) is 0 Å². The Morgan fingerprint density at radius 2 is 2.17 bits per heavy atom. The van der Waals surface area contributed by atoms with Crippen LogP contribution < -0.4 is 5.32 Å². The number of carboxylic acids is 1. The van der Waals surface area contributed by atoms with Crippen molar-refractivity contribution >= 4 is 39.4 Å². The summed E-state index contributed by atoms with van der Waals surface area (Å²) >= 11 is 9.09. The van der Waals surface area contributed by atoms with E-state index in [9.17, 15) is 9.59 Å². The molecule has 0 aliphatic carbocycles. The Kier molecular flexibility index (Phi) is 5.62. The van der Waals surface area contributed by atoms with Gasteiger partial charge in [-0.25, -0.2) is 4.79 Å². The van der Waals surface area contributed by atoms with Crippen LogP contribution in [0, 0.1) is 0 Å². The van der Waals surface area contributed by atoms with Crippen LogP contribution in [0.3, 0.4) is 0 Å². The molecular weight excluding hydrogens is 321 g/mol. The summed E-state index contributed by atoms with van der Waals surface area (Å²) in [5.74, 6) is -1.47. The lowest BCUT2D eigenvalue weighted by Gasteiger charge is -2.13. The van der Waals surface area contributed by atoms with Crippen molar-refractivity contribution < 1.29 is 14.7 Å². The highest BCUT2D eigenvalue weighted by Crippen LogP contribution is 2.23. The third-order valence-corrected chi connectivity index (χ3v) is 3.60. The molecule has 4 nitrogen and oxygen atoms in total. The largest absolute Gasteiger partial charge is 0.480 e. The number of carboxylic acid groups (broad SMARTS) is 1. The van der Waals surface area contributed by atoms with Gasteiger partial charge >= 0.3 is 5.97 Å². The highest BCUT2D eigenvalue weighted by atomic mass is 79.9. The van der Waals surface area contributed by atoms with Crippen molar-refractivity contribution in [2.75, 3.05) is 0 Å². The SMILES string of the molecule is CCCC(NC(=O)c1ccc(Br)c(Cl)c1)C(=O)O. The number of halogens is 2. The van der Waals surface area contributed by atoms with Crippen molar-refractivity contribution in [3.8, 4) is 0 Å². The Bertz CT molecular complexity index is 465. The van der Waals surface area contributed by atoms with Gasteiger partial charge in [-0.3, -0.25) is 4.79 Å². The lowest BCUT2D eigenvalue weighted by Crippen LogP contribution is -2.40. The van der Waals surface area contributed by atoms with Gasteiger partial charge in [-0.2, -0.15) is 0 Å². The van der Waals surface area contributed by atoms with E-state index in [4.69, 9.17) is 16.7 Å². The van der Waals surface area contributed by atoms with E-state index >= 15 is 0 Å². The van der Waals surface area contributed by atoms with Gasteiger partial charge in [0, 0.05) is 10.0 Å². The summed E-state index contributed by atoms with van der Waals surface area (Å²) in [5, 5.41) is 11.8. The van der Waals surface area contributed by atoms with Crippen LogP contribution in [0.1, 0.15) is 30.1 Å². The number of carbonyl (C=O) groups is 2. The monoisotopic (exact) mass is 333 g/mol.